The Morgan fingerprint density at radius 1 is 0.765 bits per heavy atom. The Hall–Kier alpha value is -2.35. The average molecular weight is 489 g/mol. The minimum absolute atomic E-state index is 0.0671. The summed E-state index contributed by atoms with van der Waals surface area (Å²) in [5.74, 6) is 13.4. The number of hydrogen-bond donors (Lipinski definition) is 0. The molecule has 0 radical (unpaired) electrons. The second-order valence-electron chi connectivity index (χ2n) is 11.1. The highest BCUT2D eigenvalue weighted by Crippen LogP contribution is 2.37. The van der Waals surface area contributed by atoms with Crippen LogP contribution in [0.3, 0.4) is 0 Å². The average Bonchev–Trinajstić information content (AvgIpc) is 2.74. The van der Waals surface area contributed by atoms with Gasteiger partial charge >= 0.3 is 0 Å². The Morgan fingerprint density at radius 2 is 1.21 bits per heavy atom. The van der Waals surface area contributed by atoms with Crippen LogP contribution < -0.4 is 0 Å². The third-order valence-corrected chi connectivity index (χ3v) is 11.2. The van der Waals surface area contributed by atoms with Crippen LogP contribution in [0.1, 0.15) is 38.8 Å². The Morgan fingerprint density at radius 3 is 1.59 bits per heavy atom. The molecule has 0 saturated carbocycles. The van der Waals surface area contributed by atoms with E-state index >= 15 is 0 Å². The van der Waals surface area contributed by atoms with Crippen LogP contribution in [0.15, 0.2) is 72.8 Å². The highest BCUT2D eigenvalue weighted by molar-refractivity contribution is 6.74. The Balaban J connectivity index is 2.54. The van der Waals surface area contributed by atoms with Crippen molar-refractivity contribution >= 4 is 16.6 Å². The minimum Gasteiger partial charge on any atom is -0.411 e. The van der Waals surface area contributed by atoms with Crippen molar-refractivity contribution in [2.75, 3.05) is 0 Å². The lowest BCUT2D eigenvalue weighted by molar-refractivity contribution is 0.222. The standard InChI is InChI=1S/C30H40O2Si2/c1-26(31-34(8,9)29(2,3)4)20-23-30(32-33(5,6)7,24-21-27-16-12-10-13-17-27)25-22-28-18-14-11-15-19-28/h10-20,23,26H,1-9H3/b23-20+/t26-/m0/s1. The molecule has 0 bridgehead atoms. The molecule has 0 aliphatic rings. The van der Waals surface area contributed by atoms with Gasteiger partial charge in [-0.2, -0.15) is 0 Å². The van der Waals surface area contributed by atoms with Gasteiger partial charge in [-0.05, 0) is 86.9 Å². The molecule has 0 amide bonds. The van der Waals surface area contributed by atoms with E-state index in [1.807, 2.05) is 66.7 Å². The molecular formula is C30H40O2Si2. The number of hydrogen-bond acceptors (Lipinski definition) is 2. The molecule has 0 aliphatic carbocycles. The molecule has 0 N–H and O–H groups in total. The molecule has 180 valence electrons. The molecule has 1 atom stereocenters. The van der Waals surface area contributed by atoms with Crippen molar-refractivity contribution in [3.63, 3.8) is 0 Å². The van der Waals surface area contributed by atoms with E-state index in [0.29, 0.717) is 0 Å². The van der Waals surface area contributed by atoms with Gasteiger partial charge in [0.2, 0.25) is 5.60 Å². The van der Waals surface area contributed by atoms with Crippen molar-refractivity contribution < 1.29 is 8.85 Å². The van der Waals surface area contributed by atoms with Gasteiger partial charge in [0.15, 0.2) is 16.6 Å². The van der Waals surface area contributed by atoms with Crippen molar-refractivity contribution in [1.29, 1.82) is 0 Å². The van der Waals surface area contributed by atoms with Crippen LogP contribution >= 0.6 is 0 Å². The fourth-order valence-corrected chi connectivity index (χ4v) is 5.51. The first-order chi connectivity index (χ1) is 15.7. The third-order valence-electron chi connectivity index (χ3n) is 5.69. The molecule has 2 aromatic rings. The highest BCUT2D eigenvalue weighted by atomic mass is 28.4. The van der Waals surface area contributed by atoms with Crippen LogP contribution in [-0.4, -0.2) is 28.3 Å². The van der Waals surface area contributed by atoms with E-state index in [1.54, 1.807) is 0 Å². The summed E-state index contributed by atoms with van der Waals surface area (Å²) in [6, 6.07) is 20.0. The maximum Gasteiger partial charge on any atom is 0.201 e. The van der Waals surface area contributed by atoms with E-state index in [1.165, 1.54) is 0 Å². The summed E-state index contributed by atoms with van der Waals surface area (Å²) < 4.78 is 13.2. The Bertz CT molecular complexity index is 1010. The zero-order chi connectivity index (χ0) is 25.5. The summed E-state index contributed by atoms with van der Waals surface area (Å²) in [7, 11) is -3.92. The van der Waals surface area contributed by atoms with Crippen molar-refractivity contribution in [2.24, 2.45) is 0 Å². The van der Waals surface area contributed by atoms with Crippen molar-refractivity contribution in [2.45, 2.75) is 77.2 Å². The second-order valence-corrected chi connectivity index (χ2v) is 20.3. The van der Waals surface area contributed by atoms with Crippen LogP contribution in [-0.2, 0) is 8.85 Å². The predicted octanol–water partition coefficient (Wildman–Crippen LogP) is 7.65. The molecular weight excluding hydrogens is 449 g/mol. The van der Waals surface area contributed by atoms with Crippen LogP contribution in [0.2, 0.25) is 37.8 Å². The molecule has 0 heterocycles. The summed E-state index contributed by atoms with van der Waals surface area (Å²) in [4.78, 5) is 0. The fourth-order valence-electron chi connectivity index (χ4n) is 3.01. The zero-order valence-corrected chi connectivity index (χ0v) is 24.3. The molecule has 2 nitrogen and oxygen atoms in total. The molecule has 0 aromatic heterocycles. The van der Waals surface area contributed by atoms with Crippen LogP contribution in [0, 0.1) is 23.7 Å². The SMILES string of the molecule is C[C@@H](/C=C/C(C#Cc1ccccc1)(C#Cc1ccccc1)O[Si](C)(C)C)O[Si](C)(C)C(C)(C)C. The first-order valence-electron chi connectivity index (χ1n) is 12.0. The van der Waals surface area contributed by atoms with Gasteiger partial charge in [-0.1, -0.05) is 75.1 Å². The van der Waals surface area contributed by atoms with Crippen LogP contribution in [0.25, 0.3) is 0 Å². The van der Waals surface area contributed by atoms with E-state index in [2.05, 4.69) is 90.2 Å². The maximum absolute atomic E-state index is 6.68. The first-order valence-corrected chi connectivity index (χ1v) is 18.3. The van der Waals surface area contributed by atoms with Gasteiger partial charge in [-0.15, -0.1) is 0 Å². The topological polar surface area (TPSA) is 18.5 Å². The summed E-state index contributed by atoms with van der Waals surface area (Å²) in [6.45, 7) is 19.9. The summed E-state index contributed by atoms with van der Waals surface area (Å²) >= 11 is 0. The largest absolute Gasteiger partial charge is 0.411 e. The number of benzene rings is 2. The van der Waals surface area contributed by atoms with Gasteiger partial charge in [0.25, 0.3) is 0 Å². The lowest BCUT2D eigenvalue weighted by atomic mass is 10.0. The molecule has 4 heteroatoms. The molecule has 2 rings (SSSR count). The van der Waals surface area contributed by atoms with Gasteiger partial charge in [0, 0.05) is 11.1 Å². The van der Waals surface area contributed by atoms with Crippen molar-refractivity contribution in [1.82, 2.24) is 0 Å². The Labute approximate surface area is 210 Å². The highest BCUT2D eigenvalue weighted by Gasteiger charge is 2.38. The summed E-state index contributed by atoms with van der Waals surface area (Å²) in [6.07, 6.45) is 4.01. The molecule has 2 aromatic carbocycles. The van der Waals surface area contributed by atoms with Gasteiger partial charge in [0.05, 0.1) is 6.10 Å². The van der Waals surface area contributed by atoms with Gasteiger partial charge in [-0.25, -0.2) is 0 Å². The first kappa shape index (κ1) is 27.9. The molecule has 0 saturated heterocycles. The summed E-state index contributed by atoms with van der Waals surface area (Å²) in [5.41, 5.74) is 0.847. The fraction of sp³-hybridized carbons (Fsp3) is 0.400. The lowest BCUT2D eigenvalue weighted by Crippen LogP contribution is -2.43. The van der Waals surface area contributed by atoms with Gasteiger partial charge in [-0.3, -0.25) is 0 Å². The van der Waals surface area contributed by atoms with Crippen LogP contribution in [0.4, 0.5) is 0 Å². The Kier molecular flexibility index (Phi) is 9.34. The quantitative estimate of drug-likeness (QED) is 0.236. The zero-order valence-electron chi connectivity index (χ0n) is 22.3. The van der Waals surface area contributed by atoms with E-state index in [-0.39, 0.29) is 11.1 Å². The molecule has 0 aliphatic heterocycles. The second kappa shape index (κ2) is 11.4. The minimum atomic E-state index is -2.01. The van der Waals surface area contributed by atoms with Crippen molar-refractivity contribution in [3.05, 3.63) is 83.9 Å². The van der Waals surface area contributed by atoms with E-state index in [4.69, 9.17) is 8.85 Å². The lowest BCUT2D eigenvalue weighted by Gasteiger charge is -2.38. The van der Waals surface area contributed by atoms with Gasteiger partial charge in [0.1, 0.15) is 0 Å². The van der Waals surface area contributed by atoms with Gasteiger partial charge < -0.3 is 8.85 Å². The number of rotatable bonds is 6. The van der Waals surface area contributed by atoms with E-state index < -0.39 is 22.2 Å². The molecule has 0 spiro atoms. The molecule has 34 heavy (non-hydrogen) atoms. The maximum atomic E-state index is 6.68. The third kappa shape index (κ3) is 9.13. The van der Waals surface area contributed by atoms with Crippen LogP contribution in [0.5, 0.6) is 0 Å². The molecule has 0 unspecified atom stereocenters. The van der Waals surface area contributed by atoms with E-state index in [0.717, 1.165) is 11.1 Å². The molecule has 0 fully saturated rings. The van der Waals surface area contributed by atoms with E-state index in [9.17, 15) is 0 Å². The predicted molar refractivity (Wildman–Crippen MR) is 151 cm³/mol. The van der Waals surface area contributed by atoms with Crippen molar-refractivity contribution in [3.8, 4) is 23.7 Å². The summed E-state index contributed by atoms with van der Waals surface area (Å²) in [5, 5.41) is 0.140. The smallest absolute Gasteiger partial charge is 0.201 e. The monoisotopic (exact) mass is 488 g/mol. The normalized spacial score (nSPS) is 13.6.